The van der Waals surface area contributed by atoms with Crippen molar-refractivity contribution >= 4 is 75.4 Å². The van der Waals surface area contributed by atoms with E-state index in [2.05, 4.69) is 0 Å². The minimum atomic E-state index is -1.05. The predicted octanol–water partition coefficient (Wildman–Crippen LogP) is 15.3. The summed E-state index contributed by atoms with van der Waals surface area (Å²) in [6.45, 7) is 0. The molecule has 12 aromatic rings. The number of hydrogen-bond donors (Lipinski definition) is 0. The first-order valence-electron chi connectivity index (χ1n) is 30.2. The molecule has 12 aromatic carbocycles. The van der Waals surface area contributed by atoms with Crippen LogP contribution < -0.4 is 0 Å². The van der Waals surface area contributed by atoms with E-state index in [0.29, 0.717) is 0 Å². The second-order valence-corrected chi connectivity index (χ2v) is 12.6. The fourth-order valence-electron chi connectivity index (χ4n) is 7.34. The molecule has 0 aliphatic heterocycles. The van der Waals surface area contributed by atoms with Crippen molar-refractivity contribution in [2.45, 2.75) is 0 Å². The van der Waals surface area contributed by atoms with Gasteiger partial charge in [0.15, 0.2) is 0 Å². The van der Waals surface area contributed by atoms with Gasteiger partial charge in [-0.25, -0.2) is 0 Å². The molecular weight excluding hydrogens is 649 g/mol. The number of benzene rings is 12. The summed E-state index contributed by atoms with van der Waals surface area (Å²) >= 11 is 0. The molecule has 0 atom stereocenters. The van der Waals surface area contributed by atoms with Gasteiger partial charge in [0.05, 0.1) is 37.0 Å². The van der Waals surface area contributed by atoms with Gasteiger partial charge in [-0.3, -0.25) is 0 Å². The van der Waals surface area contributed by atoms with Crippen LogP contribution >= 0.6 is 0 Å². The Morgan fingerprint density at radius 2 is 0.667 bits per heavy atom. The van der Waals surface area contributed by atoms with Crippen LogP contribution in [0.4, 0.5) is 0 Å². The van der Waals surface area contributed by atoms with Crippen LogP contribution in [0.2, 0.25) is 0 Å². The molecule has 12 rings (SSSR count). The van der Waals surface area contributed by atoms with Crippen molar-refractivity contribution in [3.63, 3.8) is 0 Å². The smallest absolute Gasteiger partial charge is 0.0622 e. The second-order valence-electron chi connectivity index (χ2n) is 12.6. The van der Waals surface area contributed by atoms with E-state index in [0.717, 1.165) is 0 Å². The van der Waals surface area contributed by atoms with E-state index in [1.165, 1.54) is 24.3 Å². The Morgan fingerprint density at radius 1 is 0.259 bits per heavy atom. The largest absolute Gasteiger partial charge is 0.0636 e. The highest BCUT2D eigenvalue weighted by molar-refractivity contribution is 6.28. The van der Waals surface area contributed by atoms with Gasteiger partial charge in [0, 0.05) is 0 Å². The molecule has 0 amide bonds. The van der Waals surface area contributed by atoms with E-state index in [1.807, 2.05) is 0 Å². The number of rotatable bonds is 4. The highest BCUT2D eigenvalue weighted by Gasteiger charge is 2.19. The van der Waals surface area contributed by atoms with E-state index in [-0.39, 0.29) is 32.7 Å². The van der Waals surface area contributed by atoms with Gasteiger partial charge in [-0.2, -0.15) is 0 Å². The summed E-state index contributed by atoms with van der Waals surface area (Å²) < 4.78 is 252. The Bertz CT molecular complexity index is 4940. The summed E-state index contributed by atoms with van der Waals surface area (Å²) in [5, 5.41) is -6.34. The van der Waals surface area contributed by atoms with Crippen molar-refractivity contribution in [2.75, 3.05) is 0 Å². The van der Waals surface area contributed by atoms with Crippen LogP contribution in [-0.4, -0.2) is 0 Å². The maximum atomic E-state index is 10.2. The van der Waals surface area contributed by atoms with Crippen LogP contribution in [0, 0.1) is 0 Å². The molecule has 0 heteroatoms. The summed E-state index contributed by atoms with van der Waals surface area (Å²) in [6.07, 6.45) is 0. The number of hydrogen-bond acceptors (Lipinski definition) is 0. The Kier molecular flexibility index (Phi) is 2.86. The van der Waals surface area contributed by atoms with Gasteiger partial charge in [-0.05, 0) is 126 Å². The minimum Gasteiger partial charge on any atom is -0.0622 e. The Morgan fingerprint density at radius 3 is 1.22 bits per heavy atom. The quantitative estimate of drug-likeness (QED) is 0.160. The van der Waals surface area contributed by atoms with E-state index in [9.17, 15) is 20.6 Å². The first-order valence-corrected chi connectivity index (χ1v) is 16.7. The molecule has 0 nitrogen and oxygen atoms in total. The van der Waals surface area contributed by atoms with Gasteiger partial charge < -0.3 is 0 Å². The van der Waals surface area contributed by atoms with Gasteiger partial charge in [0.1, 0.15) is 0 Å². The molecule has 0 unspecified atom stereocenters. The van der Waals surface area contributed by atoms with E-state index >= 15 is 0 Å². The van der Waals surface area contributed by atoms with Crippen LogP contribution in [0.5, 0.6) is 0 Å². The minimum absolute atomic E-state index is 0.115. The molecule has 0 saturated carbocycles. The maximum Gasteiger partial charge on any atom is 0.0636 e. The van der Waals surface area contributed by atoms with Crippen LogP contribution in [0.15, 0.2) is 193 Å². The molecule has 0 bridgehead atoms. The third kappa shape index (κ3) is 4.20. The lowest BCUT2D eigenvalue weighted by Crippen LogP contribution is -1.93. The van der Waals surface area contributed by atoms with Crippen molar-refractivity contribution in [2.24, 2.45) is 0 Å². The lowest BCUT2D eigenvalue weighted by Gasteiger charge is -2.20. The lowest BCUT2D eigenvalue weighted by atomic mass is 9.83. The van der Waals surface area contributed by atoms with Crippen LogP contribution in [0.25, 0.3) is 120 Å². The fraction of sp³-hybridized carbons (Fsp3) is 0. The zero-order valence-electron chi connectivity index (χ0n) is 54.4. The van der Waals surface area contributed by atoms with Crippen molar-refractivity contribution in [1.29, 1.82) is 0 Å². The average Bonchev–Trinajstić information content (AvgIpc) is 3.63. The number of fused-ring (bicyclic) bond motifs is 1. The molecule has 54 heavy (non-hydrogen) atoms. The molecule has 0 heterocycles. The van der Waals surface area contributed by atoms with Gasteiger partial charge in [0.2, 0.25) is 0 Å². The van der Waals surface area contributed by atoms with Crippen molar-refractivity contribution in [3.8, 4) is 44.5 Å². The molecule has 0 aliphatic carbocycles. The monoisotopic (exact) mass is 707 g/mol. The Balaban J connectivity index is 1.36. The van der Waals surface area contributed by atoms with Crippen molar-refractivity contribution < 1.29 is 37.0 Å². The molecule has 248 valence electrons. The van der Waals surface area contributed by atoms with Gasteiger partial charge in [-0.15, -0.1) is 0 Å². The standard InChI is InChI=1S/C54H32/c1-2-8-33(9-3-1)40-24-27-46(45-26-21-39-19-17-35-11-7-13-37-23-29-49(45)54(39)52(35)37)50(32-40)47-31-30-43(41-14-4-5-15-42(41)47)44-25-20-38-18-16-34-10-6-12-36-22-28-48(44)53(38)51(34)36/h1-32H/i4D,5D,6D,7D,10D,11D,12D,13D,14D,15D,16D,17D,18D,19D,20D,21D,22D,23D,24D,25D,26D,27D,28D,29D,30D,31D,32D. The van der Waals surface area contributed by atoms with Gasteiger partial charge in [0.25, 0.3) is 0 Å². The zero-order chi connectivity index (χ0) is 58.8. The van der Waals surface area contributed by atoms with Crippen LogP contribution in [0.3, 0.4) is 0 Å². The summed E-state index contributed by atoms with van der Waals surface area (Å²) in [4.78, 5) is 0. The highest BCUT2D eigenvalue weighted by atomic mass is 14.2. The molecule has 0 spiro atoms. The van der Waals surface area contributed by atoms with E-state index < -0.39 is 250 Å². The lowest BCUT2D eigenvalue weighted by molar-refractivity contribution is 1.59. The maximum absolute atomic E-state index is 10.2. The SMILES string of the molecule is [2H]c1c([2H])c(-c2c([2H])c([2H])c3c([2H])c([2H])c4c([2H])c([2H])c([2H])c5c([2H])c([2H])c2c3c45)c(-c2c([2H])c([2H])c(-c3c([2H])c([2H])c4c([2H])c([2H])c5c([2H])c([2H])c([2H])c6c([2H])c([2H])c3c4c56)c3c([2H])c([2H])c([2H])c([2H])c23)c([2H])c1-c1ccccc1. The molecule has 0 saturated heterocycles. The van der Waals surface area contributed by atoms with Gasteiger partial charge in [-0.1, -0.05) is 187 Å². The second kappa shape index (κ2) is 11.2. The summed E-state index contributed by atoms with van der Waals surface area (Å²) in [5.41, 5.74) is -4.48. The molecule has 0 N–H and O–H groups in total. The molecular formula is C54H32. The topological polar surface area (TPSA) is 0 Å². The van der Waals surface area contributed by atoms with E-state index in [1.54, 1.807) is 6.07 Å². The summed E-state index contributed by atoms with van der Waals surface area (Å²) in [6, 6.07) is -14.8. The molecule has 0 aliphatic rings. The average molecular weight is 708 g/mol. The molecule has 0 aromatic heterocycles. The summed E-state index contributed by atoms with van der Waals surface area (Å²) in [5.74, 6) is 0. The fourth-order valence-corrected chi connectivity index (χ4v) is 7.34. The Labute approximate surface area is 350 Å². The van der Waals surface area contributed by atoms with E-state index in [4.69, 9.17) is 16.4 Å². The first-order chi connectivity index (χ1) is 38.1. The zero-order valence-corrected chi connectivity index (χ0v) is 27.4. The molecule has 0 fully saturated rings. The van der Waals surface area contributed by atoms with Gasteiger partial charge >= 0.3 is 0 Å². The highest BCUT2D eigenvalue weighted by Crippen LogP contribution is 2.47. The first kappa shape index (κ1) is 13.8. The van der Waals surface area contributed by atoms with Crippen LogP contribution in [0.1, 0.15) is 37.0 Å². The van der Waals surface area contributed by atoms with Crippen LogP contribution in [-0.2, 0) is 0 Å². The normalized spacial score (nSPS) is 19.1. The predicted molar refractivity (Wildman–Crippen MR) is 233 cm³/mol. The third-order valence-corrected chi connectivity index (χ3v) is 9.75. The molecule has 0 radical (unpaired) electrons. The summed E-state index contributed by atoms with van der Waals surface area (Å²) in [7, 11) is 0. The van der Waals surface area contributed by atoms with Crippen molar-refractivity contribution in [3.05, 3.63) is 193 Å². The Hall–Kier alpha value is -7.02. The van der Waals surface area contributed by atoms with Crippen molar-refractivity contribution in [1.82, 2.24) is 0 Å². The third-order valence-electron chi connectivity index (χ3n) is 9.75.